The molecule has 132 heavy (non-hydrogen) atoms. The predicted octanol–water partition coefficient (Wildman–Crippen LogP) is 24.0. The van der Waals surface area contributed by atoms with Crippen LogP contribution in [0.5, 0.6) is 11.5 Å². The Hall–Kier alpha value is -9.91. The van der Waals surface area contributed by atoms with Crippen molar-refractivity contribution in [2.45, 2.75) is 244 Å². The molecule has 2 aliphatic carbocycles. The highest BCUT2D eigenvalue weighted by molar-refractivity contribution is 7.99. The molecule has 2 N–H and O–H groups in total. The fourth-order valence-electron chi connectivity index (χ4n) is 12.7. The van der Waals surface area contributed by atoms with Crippen LogP contribution in [-0.2, 0) is 85.3 Å². The first-order chi connectivity index (χ1) is 62.5. The number of rotatable bonds is 32. The molecule has 1 saturated heterocycles. The topological polar surface area (TPSA) is 233 Å². The molecular formula is C103H123BF8NO15S4. The van der Waals surface area contributed by atoms with Gasteiger partial charge >= 0.3 is 29.4 Å². The average Bonchev–Trinajstić information content (AvgIpc) is 1.67. The van der Waals surface area contributed by atoms with Crippen molar-refractivity contribution in [3.63, 3.8) is 0 Å². The minimum atomic E-state index is -6.09. The third kappa shape index (κ3) is 37.9. The third-order valence-electron chi connectivity index (χ3n) is 22.2. The molecule has 2 saturated carbocycles. The van der Waals surface area contributed by atoms with Crippen molar-refractivity contribution in [3.8, 4) is 11.5 Å². The standard InChI is InChI=1S/C29H45NO4.C24H19S2.C18H16OS.C13H22O3.C12H20O4.C6BF5.CHF3O3S/c1-5-7-8-9-10-11-22-33-25-17-12-23(13-18-25)14-21-27(31)34-26-19-15-24(16-20-26)30-28(32)29(3,4)6-2;1-4-10-20(11-5-1)25-21-16-18-24(19-17-21)26(22-12-6-2-7-13-22)23-14-8-3-9-15-23;1-20(17-11-9-16(19)10-12-17)13-15-7-4-6-14-5-2-3-8-18(14)15;1-4-13(2,3)12(14)15-8-9-5-6-10-11(7-9)16-10;1-6-12(4,5)11(14)16-8-7-15-10(13)9(2)3;7-1-2(8)4(10)6(12)5(11)3(1)9;2-1(3,4)8(5,6)7/h12-14,17-18,21,24,26H,5-11,15-16,19-20,22H2,1-4H3,(H,30,32);1-19H;2-12H,13H2,1H3;9-11H,4-8H2,1-3H3;2,6-8H2,1,3-5H3;;(H,5,6,7)/q;+1;;;;-1;/b21-14+;;;;;;. The summed E-state index contributed by atoms with van der Waals surface area (Å²) in [5.41, 5.74) is -5.52. The van der Waals surface area contributed by atoms with Gasteiger partial charge in [0.1, 0.15) is 54.5 Å². The molecule has 0 bridgehead atoms. The number of epoxide rings is 1. The Kier molecular flexibility index (Phi) is 46.2. The maximum absolute atomic E-state index is 12.4. The number of amides is 1. The van der Waals surface area contributed by atoms with Gasteiger partial charge in [-0.3, -0.25) is 14.4 Å². The maximum atomic E-state index is 12.4. The number of alkyl halides is 3. The van der Waals surface area contributed by atoms with E-state index in [1.165, 1.54) is 83.9 Å². The second kappa shape index (κ2) is 55.1. The molecular weight excluding hydrogens is 1780 g/mol. The van der Waals surface area contributed by atoms with E-state index in [2.05, 4.69) is 191 Å². The number of hydrogen-bond donors (Lipinski definition) is 2. The smallest absolute Gasteiger partial charge is 0.485 e. The second-order valence-corrected chi connectivity index (χ2v) is 40.4. The van der Waals surface area contributed by atoms with Gasteiger partial charge in [0.05, 0.1) is 47.1 Å². The number of unbranched alkanes of at least 4 members (excludes halogenated alkanes) is 5. The average molecular weight is 1910 g/mol. The van der Waals surface area contributed by atoms with Crippen LogP contribution >= 0.6 is 11.8 Å². The van der Waals surface area contributed by atoms with Gasteiger partial charge in [0, 0.05) is 49.4 Å². The van der Waals surface area contributed by atoms with Gasteiger partial charge in [-0.1, -0.05) is 201 Å². The summed E-state index contributed by atoms with van der Waals surface area (Å²) in [6, 6.07) is 71.6. The van der Waals surface area contributed by atoms with Gasteiger partial charge in [0.2, 0.25) is 5.91 Å². The van der Waals surface area contributed by atoms with E-state index in [0.717, 1.165) is 87.9 Å². The zero-order chi connectivity index (χ0) is 97.4. The van der Waals surface area contributed by atoms with E-state index in [4.69, 9.17) is 41.4 Å². The first kappa shape index (κ1) is 111. The highest BCUT2D eigenvalue weighted by atomic mass is 32.2. The Balaban J connectivity index is 0.000000246. The van der Waals surface area contributed by atoms with Crippen LogP contribution in [0, 0.1) is 51.2 Å². The number of nitrogens with one attached hydrogen (secondary N) is 1. The van der Waals surface area contributed by atoms with Crippen molar-refractivity contribution in [3.05, 3.63) is 265 Å². The summed E-state index contributed by atoms with van der Waals surface area (Å²) in [4.78, 5) is 66.7. The van der Waals surface area contributed by atoms with Gasteiger partial charge in [-0.15, -0.1) is 0 Å². The van der Waals surface area contributed by atoms with E-state index in [0.29, 0.717) is 42.5 Å². The van der Waals surface area contributed by atoms with Crippen molar-refractivity contribution in [2.75, 3.05) is 32.7 Å². The van der Waals surface area contributed by atoms with Crippen LogP contribution in [0.1, 0.15) is 190 Å². The monoisotopic (exact) mass is 1900 g/mol. The highest BCUT2D eigenvalue weighted by Crippen LogP contribution is 2.41. The lowest BCUT2D eigenvalue weighted by Crippen LogP contribution is -2.45. The molecule has 16 nitrogen and oxygen atoms in total. The lowest BCUT2D eigenvalue weighted by Gasteiger charge is -2.31. The van der Waals surface area contributed by atoms with Crippen LogP contribution in [0.15, 0.2) is 254 Å². The van der Waals surface area contributed by atoms with Gasteiger partial charge in [0.15, 0.2) is 47.2 Å². The lowest BCUT2D eigenvalue weighted by atomic mass is 9.87. The maximum Gasteiger partial charge on any atom is 0.485 e. The molecule has 9 aromatic rings. The Labute approximate surface area is 784 Å². The zero-order valence-electron chi connectivity index (χ0n) is 77.1. The molecule has 1 amide bonds. The number of benzene rings is 9. The molecule has 0 spiro atoms. The number of carbonyl (C=O) groups excluding carboxylic acids is 5. The minimum absolute atomic E-state index is 0.0613. The van der Waals surface area contributed by atoms with Crippen molar-refractivity contribution in [2.24, 2.45) is 22.2 Å². The molecule has 0 aromatic heterocycles. The summed E-state index contributed by atoms with van der Waals surface area (Å²) in [6.07, 6.45) is 22.9. The summed E-state index contributed by atoms with van der Waals surface area (Å²) in [7, 11) is -1.47. The number of phenols is 1. The van der Waals surface area contributed by atoms with E-state index >= 15 is 0 Å². The van der Waals surface area contributed by atoms with Crippen LogP contribution in [0.4, 0.5) is 35.1 Å². The molecule has 3 radical (unpaired) electrons. The molecule has 4 unspecified atom stereocenters. The van der Waals surface area contributed by atoms with Gasteiger partial charge in [-0.2, -0.15) is 13.2 Å². The quantitative estimate of drug-likeness (QED) is 0.00324. The van der Waals surface area contributed by atoms with Crippen LogP contribution in [-0.4, -0.2) is 118 Å². The molecule has 3 fully saturated rings. The summed E-state index contributed by atoms with van der Waals surface area (Å²) in [5, 5.41) is 15.2. The molecule has 3 aliphatic rings. The van der Waals surface area contributed by atoms with Gasteiger partial charge in [-0.25, -0.2) is 45.4 Å². The highest BCUT2D eigenvalue weighted by Gasteiger charge is 2.44. The van der Waals surface area contributed by atoms with E-state index < -0.39 is 61.6 Å². The van der Waals surface area contributed by atoms with E-state index in [-0.39, 0.29) is 81.8 Å². The van der Waals surface area contributed by atoms with Crippen LogP contribution in [0.2, 0.25) is 0 Å². The molecule has 12 rings (SSSR count). The number of esters is 4. The molecule has 4 atom stereocenters. The van der Waals surface area contributed by atoms with Crippen LogP contribution < -0.4 is 15.5 Å². The molecule has 9 aromatic carbocycles. The summed E-state index contributed by atoms with van der Waals surface area (Å²) in [6.45, 7) is 26.1. The summed E-state index contributed by atoms with van der Waals surface area (Å²) >= 11 is 1.80. The minimum Gasteiger partial charge on any atom is -0.741 e. The molecule has 1 heterocycles. The number of ether oxygens (including phenoxy) is 6. The largest absolute Gasteiger partial charge is 0.741 e. The number of hydrogen-bond acceptors (Lipinski definition) is 16. The van der Waals surface area contributed by atoms with Crippen molar-refractivity contribution in [1.29, 1.82) is 0 Å². The Morgan fingerprint density at radius 2 is 1.05 bits per heavy atom. The van der Waals surface area contributed by atoms with Gasteiger partial charge in [0.25, 0.3) is 0 Å². The molecule has 1 aliphatic heterocycles. The summed E-state index contributed by atoms with van der Waals surface area (Å²) < 4.78 is 152. The molecule has 29 heteroatoms. The fourth-order valence-corrected chi connectivity index (χ4v) is 17.1. The second-order valence-electron chi connectivity index (χ2n) is 33.8. The Morgan fingerprint density at radius 1 is 0.568 bits per heavy atom. The SMILES string of the molecule is C=C(C)C(=O)OCCOC(=O)C(C)(C)CC.CCC(C)(C)C(=O)OCC1CCC2OC2C1.CCCCCCCCOc1ccc(/C=C/C(=O)OC2CCC(NC(=O)C(C)(C)CC)CC2)cc1.C[S+](Cc1cccc2ccccc12)c1ccc(O)cc1.O=S(=O)([O-])C(F)(F)F.[B-]c1c(F)c(F)c(F)c(F)c1F.c1ccc(Sc2ccc([S+](c3ccccc3)c3ccccc3)cc2)cc1. The van der Waals surface area contributed by atoms with E-state index in [1.807, 2.05) is 98.7 Å². The van der Waals surface area contributed by atoms with Crippen molar-refractivity contribution >= 4 is 104 Å². The number of phenolic OH excluding ortho intramolecular Hbond substituents is 1. The lowest BCUT2D eigenvalue weighted by molar-refractivity contribution is -0.158. The third-order valence-corrected chi connectivity index (χ3v) is 27.8. The fraction of sp³-hybridized carbons (Fsp3) is 0.408. The van der Waals surface area contributed by atoms with Crippen molar-refractivity contribution in [1.82, 2.24) is 5.32 Å². The number of carbonyl (C=O) groups is 5. The predicted molar refractivity (Wildman–Crippen MR) is 507 cm³/mol. The zero-order valence-corrected chi connectivity index (χ0v) is 80.4. The number of halogens is 8. The van der Waals surface area contributed by atoms with Gasteiger partial charge in [-0.05, 0) is 231 Å². The number of aromatic hydroxyl groups is 1. The molecule has 713 valence electrons. The Bertz CT molecular complexity index is 5080. The Morgan fingerprint density at radius 3 is 1.59 bits per heavy atom. The first-order valence-corrected chi connectivity index (χ1v) is 49.4. The summed E-state index contributed by atoms with van der Waals surface area (Å²) in [5.74, 6) is -8.57. The van der Waals surface area contributed by atoms with Crippen LogP contribution in [0.25, 0.3) is 16.8 Å². The number of fused-ring (bicyclic) bond motifs is 2. The first-order valence-electron chi connectivity index (χ1n) is 44.1. The van der Waals surface area contributed by atoms with Crippen LogP contribution in [0.3, 0.4) is 0 Å². The van der Waals surface area contributed by atoms with Gasteiger partial charge < -0.3 is 51.2 Å². The normalized spacial score (nSPS) is 15.9. The van der Waals surface area contributed by atoms with Crippen molar-refractivity contribution < 1.29 is 106 Å². The van der Waals surface area contributed by atoms with E-state index in [9.17, 15) is 64.2 Å². The van der Waals surface area contributed by atoms with E-state index in [1.54, 1.807) is 36.9 Å².